The molecule has 4 heteroatoms. The first-order valence-corrected chi connectivity index (χ1v) is 8.33. The minimum absolute atomic E-state index is 0.218. The third kappa shape index (κ3) is 7.74. The minimum Gasteiger partial charge on any atom is -0.308 e. The summed E-state index contributed by atoms with van der Waals surface area (Å²) < 4.78 is 0.958. The molecular formula is C17H27BrN2O. The Morgan fingerprint density at radius 2 is 1.90 bits per heavy atom. The topological polar surface area (TPSA) is 23.6 Å². The number of rotatable bonds is 9. The molecule has 0 fully saturated rings. The molecule has 0 aliphatic heterocycles. The van der Waals surface area contributed by atoms with Crippen LogP contribution in [0, 0.1) is 5.92 Å². The molecule has 0 saturated carbocycles. The van der Waals surface area contributed by atoms with Gasteiger partial charge < -0.3 is 9.80 Å². The molecule has 0 radical (unpaired) electrons. The number of benzene rings is 1. The van der Waals surface area contributed by atoms with Gasteiger partial charge in [0, 0.05) is 42.6 Å². The van der Waals surface area contributed by atoms with Crippen molar-refractivity contribution in [2.24, 2.45) is 5.92 Å². The fraction of sp³-hybridized carbons (Fsp3) is 0.588. The van der Waals surface area contributed by atoms with Gasteiger partial charge in [-0.15, -0.1) is 0 Å². The van der Waals surface area contributed by atoms with Crippen molar-refractivity contribution in [2.45, 2.75) is 20.3 Å². The summed E-state index contributed by atoms with van der Waals surface area (Å²) in [6, 6.07) is 7.64. The first-order chi connectivity index (χ1) is 9.88. The van der Waals surface area contributed by atoms with Crippen LogP contribution in [-0.2, 0) is 0 Å². The van der Waals surface area contributed by atoms with E-state index < -0.39 is 0 Å². The molecule has 0 bridgehead atoms. The van der Waals surface area contributed by atoms with Gasteiger partial charge in [0.25, 0.3) is 0 Å². The Kier molecular flexibility index (Phi) is 8.15. The molecule has 3 nitrogen and oxygen atoms in total. The van der Waals surface area contributed by atoms with E-state index >= 15 is 0 Å². The van der Waals surface area contributed by atoms with E-state index in [0.717, 1.165) is 36.2 Å². The van der Waals surface area contributed by atoms with E-state index in [2.05, 4.69) is 53.7 Å². The number of nitrogens with zero attached hydrogens (tertiary/aromatic N) is 2. The van der Waals surface area contributed by atoms with Crippen molar-refractivity contribution in [1.82, 2.24) is 9.80 Å². The number of hydrogen-bond donors (Lipinski definition) is 0. The van der Waals surface area contributed by atoms with E-state index in [1.54, 1.807) is 0 Å². The van der Waals surface area contributed by atoms with Gasteiger partial charge in [-0.2, -0.15) is 0 Å². The van der Waals surface area contributed by atoms with Crippen LogP contribution < -0.4 is 0 Å². The van der Waals surface area contributed by atoms with Gasteiger partial charge in [0.05, 0.1) is 0 Å². The number of halogens is 1. The summed E-state index contributed by atoms with van der Waals surface area (Å²) in [6.45, 7) is 8.35. The Morgan fingerprint density at radius 1 is 1.19 bits per heavy atom. The van der Waals surface area contributed by atoms with Crippen LogP contribution in [0.2, 0.25) is 0 Å². The molecule has 0 aliphatic rings. The van der Waals surface area contributed by atoms with Gasteiger partial charge in [-0.05, 0) is 32.1 Å². The molecule has 118 valence electrons. The highest BCUT2D eigenvalue weighted by molar-refractivity contribution is 9.10. The molecule has 0 unspecified atom stereocenters. The Hall–Kier alpha value is -0.710. The number of carbonyl (C=O) groups is 1. The average Bonchev–Trinajstić information content (AvgIpc) is 2.40. The lowest BCUT2D eigenvalue weighted by Gasteiger charge is -2.25. The molecule has 0 saturated heterocycles. The van der Waals surface area contributed by atoms with Gasteiger partial charge in [0.15, 0.2) is 5.78 Å². The van der Waals surface area contributed by atoms with Crippen LogP contribution >= 0.6 is 15.9 Å². The quantitative estimate of drug-likeness (QED) is 0.633. The Morgan fingerprint density at radius 3 is 2.48 bits per heavy atom. The van der Waals surface area contributed by atoms with Crippen molar-refractivity contribution >= 4 is 21.7 Å². The first-order valence-electron chi connectivity index (χ1n) is 7.54. The van der Waals surface area contributed by atoms with Crippen LogP contribution in [0.4, 0.5) is 0 Å². The normalized spacial score (nSPS) is 11.6. The van der Waals surface area contributed by atoms with Crippen LogP contribution in [-0.4, -0.2) is 55.9 Å². The maximum Gasteiger partial charge on any atom is 0.164 e. The number of carbonyl (C=O) groups excluding carboxylic acids is 1. The Bertz CT molecular complexity index is 446. The first kappa shape index (κ1) is 18.3. The Labute approximate surface area is 137 Å². The summed E-state index contributed by atoms with van der Waals surface area (Å²) in [6.07, 6.45) is 0.580. The van der Waals surface area contributed by atoms with Gasteiger partial charge in [0.1, 0.15) is 0 Å². The summed E-state index contributed by atoms with van der Waals surface area (Å²) >= 11 is 3.42. The lowest BCUT2D eigenvalue weighted by Crippen LogP contribution is -2.35. The maximum atomic E-state index is 12.3. The third-order valence-electron chi connectivity index (χ3n) is 3.29. The molecule has 0 aromatic heterocycles. The number of ketones is 1. The van der Waals surface area contributed by atoms with Gasteiger partial charge in [-0.3, -0.25) is 4.79 Å². The fourth-order valence-corrected chi connectivity index (χ4v) is 2.62. The van der Waals surface area contributed by atoms with Crippen LogP contribution in [0.5, 0.6) is 0 Å². The summed E-state index contributed by atoms with van der Waals surface area (Å²) in [7, 11) is 4.17. The smallest absolute Gasteiger partial charge is 0.164 e. The van der Waals surface area contributed by atoms with E-state index in [0.29, 0.717) is 12.3 Å². The fourth-order valence-electron chi connectivity index (χ4n) is 2.22. The van der Waals surface area contributed by atoms with E-state index in [9.17, 15) is 4.79 Å². The monoisotopic (exact) mass is 354 g/mol. The molecule has 0 atom stereocenters. The van der Waals surface area contributed by atoms with Crippen molar-refractivity contribution in [3.05, 3.63) is 34.3 Å². The van der Waals surface area contributed by atoms with Crippen molar-refractivity contribution < 1.29 is 4.79 Å². The number of hydrogen-bond acceptors (Lipinski definition) is 3. The van der Waals surface area contributed by atoms with E-state index in [1.807, 2.05) is 24.3 Å². The third-order valence-corrected chi connectivity index (χ3v) is 3.78. The van der Waals surface area contributed by atoms with E-state index in [-0.39, 0.29) is 5.78 Å². The van der Waals surface area contributed by atoms with E-state index in [4.69, 9.17) is 0 Å². The van der Waals surface area contributed by atoms with Crippen molar-refractivity contribution in [3.8, 4) is 0 Å². The molecule has 21 heavy (non-hydrogen) atoms. The lowest BCUT2D eigenvalue weighted by atomic mass is 10.1. The number of Topliss-reactive ketones (excluding diaryl/α,β-unsaturated/α-hetero) is 1. The van der Waals surface area contributed by atoms with Crippen LogP contribution in [0.25, 0.3) is 0 Å². The highest BCUT2D eigenvalue weighted by Crippen LogP contribution is 2.13. The van der Waals surface area contributed by atoms with Gasteiger partial charge in [0.2, 0.25) is 0 Å². The second kappa shape index (κ2) is 9.34. The Balaban J connectivity index is 2.52. The molecule has 1 aromatic rings. The predicted molar refractivity (Wildman–Crippen MR) is 92.9 cm³/mol. The SMILES string of the molecule is CC(C)CN(CCC(=O)c1cccc(Br)c1)CCN(C)C. The zero-order valence-electron chi connectivity index (χ0n) is 13.6. The van der Waals surface area contributed by atoms with Crippen LogP contribution in [0.15, 0.2) is 28.7 Å². The van der Waals surface area contributed by atoms with Gasteiger partial charge >= 0.3 is 0 Å². The number of likely N-dealkylation sites (N-methyl/N-ethyl adjacent to an activating group) is 1. The van der Waals surface area contributed by atoms with Crippen molar-refractivity contribution in [2.75, 3.05) is 40.3 Å². The highest BCUT2D eigenvalue weighted by Gasteiger charge is 2.12. The molecule has 0 aliphatic carbocycles. The molecule has 0 N–H and O–H groups in total. The zero-order chi connectivity index (χ0) is 15.8. The summed E-state index contributed by atoms with van der Waals surface area (Å²) in [5, 5.41) is 0. The molecule has 1 aromatic carbocycles. The zero-order valence-corrected chi connectivity index (χ0v) is 15.2. The second-order valence-electron chi connectivity index (χ2n) is 6.18. The standard InChI is InChI=1S/C17H27BrN2O/c1-14(2)13-20(11-10-19(3)4)9-8-17(21)15-6-5-7-16(18)12-15/h5-7,12,14H,8-11,13H2,1-4H3. The van der Waals surface area contributed by atoms with Crippen LogP contribution in [0.1, 0.15) is 30.6 Å². The molecule has 0 heterocycles. The largest absolute Gasteiger partial charge is 0.308 e. The molecule has 0 spiro atoms. The summed E-state index contributed by atoms with van der Waals surface area (Å²) in [5.41, 5.74) is 0.793. The summed E-state index contributed by atoms with van der Waals surface area (Å²) in [4.78, 5) is 16.8. The summed E-state index contributed by atoms with van der Waals surface area (Å²) in [5.74, 6) is 0.836. The maximum absolute atomic E-state index is 12.3. The molecular weight excluding hydrogens is 328 g/mol. The van der Waals surface area contributed by atoms with Crippen LogP contribution in [0.3, 0.4) is 0 Å². The van der Waals surface area contributed by atoms with E-state index in [1.165, 1.54) is 0 Å². The average molecular weight is 355 g/mol. The molecule has 1 rings (SSSR count). The van der Waals surface area contributed by atoms with Crippen molar-refractivity contribution in [1.29, 1.82) is 0 Å². The lowest BCUT2D eigenvalue weighted by molar-refractivity contribution is 0.0958. The predicted octanol–water partition coefficient (Wildman–Crippen LogP) is 3.54. The highest BCUT2D eigenvalue weighted by atomic mass is 79.9. The van der Waals surface area contributed by atoms with Crippen molar-refractivity contribution in [3.63, 3.8) is 0 Å². The van der Waals surface area contributed by atoms with Gasteiger partial charge in [-0.1, -0.05) is 41.9 Å². The second-order valence-corrected chi connectivity index (χ2v) is 7.10. The minimum atomic E-state index is 0.218. The van der Waals surface area contributed by atoms with Gasteiger partial charge in [-0.25, -0.2) is 0 Å². The molecule has 0 amide bonds.